The molecule has 3 rings (SSSR count). The van der Waals surface area contributed by atoms with Crippen LogP contribution >= 0.6 is 11.6 Å². The fourth-order valence-electron chi connectivity index (χ4n) is 2.76. The Morgan fingerprint density at radius 1 is 1.42 bits per heavy atom. The first kappa shape index (κ1) is 16.8. The average Bonchev–Trinajstić information content (AvgIpc) is 3.16. The molecule has 0 radical (unpaired) electrons. The molecule has 7 nitrogen and oxygen atoms in total. The van der Waals surface area contributed by atoms with Crippen LogP contribution in [0.1, 0.15) is 25.3 Å². The van der Waals surface area contributed by atoms with Gasteiger partial charge in [0.15, 0.2) is 5.82 Å². The Morgan fingerprint density at radius 2 is 2.21 bits per heavy atom. The van der Waals surface area contributed by atoms with E-state index in [2.05, 4.69) is 15.9 Å². The zero-order chi connectivity index (χ0) is 17.3. The third-order valence-corrected chi connectivity index (χ3v) is 5.81. The molecule has 2 heterocycles. The van der Waals surface area contributed by atoms with E-state index in [1.54, 1.807) is 24.4 Å². The van der Waals surface area contributed by atoms with Crippen LogP contribution < -0.4 is 4.72 Å². The summed E-state index contributed by atoms with van der Waals surface area (Å²) in [7, 11) is -3.63. The molecule has 0 saturated carbocycles. The van der Waals surface area contributed by atoms with E-state index in [0.717, 1.165) is 12.8 Å². The van der Waals surface area contributed by atoms with E-state index in [9.17, 15) is 13.7 Å². The zero-order valence-corrected chi connectivity index (χ0v) is 14.5. The van der Waals surface area contributed by atoms with Gasteiger partial charge in [0, 0.05) is 29.9 Å². The van der Waals surface area contributed by atoms with Crippen molar-refractivity contribution in [2.45, 2.75) is 25.8 Å². The first-order valence-electron chi connectivity index (χ1n) is 7.46. The van der Waals surface area contributed by atoms with Crippen LogP contribution in [-0.4, -0.2) is 35.1 Å². The topological polar surface area (TPSA) is 91.0 Å². The van der Waals surface area contributed by atoms with E-state index >= 15 is 0 Å². The summed E-state index contributed by atoms with van der Waals surface area (Å²) in [4.78, 5) is 0. The number of hydrogen-bond acceptors (Lipinski definition) is 4. The van der Waals surface area contributed by atoms with Crippen molar-refractivity contribution < 1.29 is 8.42 Å². The van der Waals surface area contributed by atoms with Gasteiger partial charge in [-0.3, -0.25) is 4.72 Å². The molecule has 1 atom stereocenters. The summed E-state index contributed by atoms with van der Waals surface area (Å²) in [6.45, 7) is 2.39. The lowest BCUT2D eigenvalue weighted by Crippen LogP contribution is -2.38. The van der Waals surface area contributed by atoms with Gasteiger partial charge in [0.2, 0.25) is 0 Å². The van der Waals surface area contributed by atoms with Gasteiger partial charge >= 0.3 is 10.2 Å². The minimum absolute atomic E-state index is 0.0222. The van der Waals surface area contributed by atoms with E-state index in [4.69, 9.17) is 11.6 Å². The molecule has 0 amide bonds. The molecule has 1 unspecified atom stereocenters. The zero-order valence-electron chi connectivity index (χ0n) is 13.0. The van der Waals surface area contributed by atoms with Crippen LogP contribution in [0, 0.1) is 11.3 Å². The molecular weight excluding hydrogens is 350 g/mol. The second kappa shape index (κ2) is 6.43. The lowest BCUT2D eigenvalue weighted by Gasteiger charge is -2.20. The third kappa shape index (κ3) is 3.24. The monoisotopic (exact) mass is 365 g/mol. The number of nitrogens with zero attached hydrogens (tertiary/aromatic N) is 4. The Balaban J connectivity index is 1.85. The van der Waals surface area contributed by atoms with Crippen LogP contribution in [0.25, 0.3) is 5.69 Å². The maximum atomic E-state index is 12.4. The predicted molar refractivity (Wildman–Crippen MR) is 91.2 cm³/mol. The Bertz CT molecular complexity index is 903. The fraction of sp³-hybridized carbons (Fsp3) is 0.333. The summed E-state index contributed by atoms with van der Waals surface area (Å²) in [6.07, 6.45) is 3.30. The van der Waals surface area contributed by atoms with Crippen LogP contribution in [0.4, 0.5) is 5.82 Å². The summed E-state index contributed by atoms with van der Waals surface area (Å²) in [5.41, 5.74) is 0.884. The quantitative estimate of drug-likeness (QED) is 0.901. The number of benzene rings is 1. The number of hydrogen-bond donors (Lipinski definition) is 1. The van der Waals surface area contributed by atoms with E-state index in [-0.39, 0.29) is 11.9 Å². The average molecular weight is 366 g/mol. The molecule has 1 aromatic heterocycles. The minimum atomic E-state index is -3.63. The molecule has 1 N–H and O–H groups in total. The van der Waals surface area contributed by atoms with Crippen LogP contribution in [0.15, 0.2) is 30.5 Å². The highest BCUT2D eigenvalue weighted by atomic mass is 35.5. The predicted octanol–water partition coefficient (Wildman–Crippen LogP) is 2.54. The van der Waals surface area contributed by atoms with Crippen molar-refractivity contribution in [2.75, 3.05) is 11.3 Å². The number of rotatable bonds is 4. The van der Waals surface area contributed by atoms with Crippen molar-refractivity contribution in [2.24, 2.45) is 0 Å². The molecule has 2 aromatic rings. The number of nitriles is 1. The summed E-state index contributed by atoms with van der Waals surface area (Å²) >= 11 is 5.88. The van der Waals surface area contributed by atoms with Crippen molar-refractivity contribution >= 4 is 27.6 Å². The minimum Gasteiger partial charge on any atom is -0.253 e. The second-order valence-corrected chi connectivity index (χ2v) is 7.69. The summed E-state index contributed by atoms with van der Waals surface area (Å²) in [5.74, 6) is 0.202. The number of aromatic nitrogens is 2. The van der Waals surface area contributed by atoms with E-state index < -0.39 is 10.2 Å². The van der Waals surface area contributed by atoms with Crippen LogP contribution in [0.2, 0.25) is 5.02 Å². The van der Waals surface area contributed by atoms with Gasteiger partial charge in [-0.05, 0) is 38.0 Å². The van der Waals surface area contributed by atoms with Gasteiger partial charge < -0.3 is 0 Å². The highest BCUT2D eigenvalue weighted by Crippen LogP contribution is 2.23. The molecule has 0 spiro atoms. The van der Waals surface area contributed by atoms with Gasteiger partial charge in [0.1, 0.15) is 6.07 Å². The lowest BCUT2D eigenvalue weighted by atomic mass is 10.2. The first-order chi connectivity index (χ1) is 11.4. The Labute approximate surface area is 145 Å². The molecule has 1 aromatic carbocycles. The molecule has 1 aliphatic heterocycles. The molecular formula is C15H16ClN5O2S. The van der Waals surface area contributed by atoms with Crippen LogP contribution in [0.3, 0.4) is 0 Å². The number of nitrogens with one attached hydrogen (secondary N) is 1. The van der Waals surface area contributed by atoms with Gasteiger partial charge in [-0.2, -0.15) is 18.0 Å². The van der Waals surface area contributed by atoms with Crippen molar-refractivity contribution in [3.05, 3.63) is 41.0 Å². The van der Waals surface area contributed by atoms with Gasteiger partial charge in [-0.1, -0.05) is 11.6 Å². The Hall–Kier alpha value is -2.08. The van der Waals surface area contributed by atoms with Crippen molar-refractivity contribution in [1.29, 1.82) is 5.26 Å². The van der Waals surface area contributed by atoms with Crippen LogP contribution in [-0.2, 0) is 10.2 Å². The lowest BCUT2D eigenvalue weighted by molar-refractivity contribution is 0.412. The molecule has 9 heteroatoms. The SMILES string of the molecule is CC1CCCN1S(=O)(=O)Nc1ccn(-c2ccc(Cl)cc2C#N)n1. The van der Waals surface area contributed by atoms with Crippen molar-refractivity contribution in [3.63, 3.8) is 0 Å². The maximum absolute atomic E-state index is 12.4. The van der Waals surface area contributed by atoms with Gasteiger partial charge in [0.25, 0.3) is 0 Å². The molecule has 1 aliphatic rings. The summed E-state index contributed by atoms with van der Waals surface area (Å²) < 4.78 is 30.2. The highest BCUT2D eigenvalue weighted by Gasteiger charge is 2.31. The third-order valence-electron chi connectivity index (χ3n) is 3.95. The van der Waals surface area contributed by atoms with E-state index in [0.29, 0.717) is 22.8 Å². The fourth-order valence-corrected chi connectivity index (χ4v) is 4.38. The standard InChI is InChI=1S/C15H16ClN5O2S/c1-11-3-2-7-21(11)24(22,23)19-15-6-8-20(18-15)14-5-4-13(16)9-12(14)10-17/h4-6,8-9,11H,2-3,7H2,1H3,(H,18,19). The summed E-state index contributed by atoms with van der Waals surface area (Å²) in [5, 5.41) is 13.9. The van der Waals surface area contributed by atoms with Crippen molar-refractivity contribution in [1.82, 2.24) is 14.1 Å². The van der Waals surface area contributed by atoms with Gasteiger partial charge in [0.05, 0.1) is 11.3 Å². The van der Waals surface area contributed by atoms with Gasteiger partial charge in [-0.25, -0.2) is 4.68 Å². The largest absolute Gasteiger partial charge is 0.303 e. The summed E-state index contributed by atoms with van der Waals surface area (Å²) in [6, 6.07) is 8.42. The van der Waals surface area contributed by atoms with Crippen molar-refractivity contribution in [3.8, 4) is 11.8 Å². The molecule has 126 valence electrons. The van der Waals surface area contributed by atoms with Crippen LogP contribution in [0.5, 0.6) is 0 Å². The molecule has 1 fully saturated rings. The Morgan fingerprint density at radius 3 is 2.88 bits per heavy atom. The molecule has 1 saturated heterocycles. The van der Waals surface area contributed by atoms with Gasteiger partial charge in [-0.15, -0.1) is 5.10 Å². The smallest absolute Gasteiger partial charge is 0.253 e. The second-order valence-electron chi connectivity index (χ2n) is 5.63. The van der Waals surface area contributed by atoms with E-state index in [1.165, 1.54) is 15.1 Å². The normalized spacial score (nSPS) is 18.5. The first-order valence-corrected chi connectivity index (χ1v) is 9.28. The Kier molecular flexibility index (Phi) is 4.49. The highest BCUT2D eigenvalue weighted by molar-refractivity contribution is 7.90. The molecule has 0 bridgehead atoms. The number of anilines is 1. The van der Waals surface area contributed by atoms with E-state index in [1.807, 2.05) is 6.92 Å². The maximum Gasteiger partial charge on any atom is 0.303 e. The number of halogens is 1. The molecule has 24 heavy (non-hydrogen) atoms. The molecule has 0 aliphatic carbocycles.